The lowest BCUT2D eigenvalue weighted by Gasteiger charge is -2.22. The van der Waals surface area contributed by atoms with Crippen LogP contribution in [-0.2, 0) is 4.79 Å². The van der Waals surface area contributed by atoms with Gasteiger partial charge in [-0.15, -0.1) is 0 Å². The summed E-state index contributed by atoms with van der Waals surface area (Å²) < 4.78 is 4.95. The van der Waals surface area contributed by atoms with E-state index in [1.165, 1.54) is 0 Å². The molecule has 2 aromatic carbocycles. The summed E-state index contributed by atoms with van der Waals surface area (Å²) in [5.74, 6) is 0.585. The van der Waals surface area contributed by atoms with Crippen LogP contribution in [0.25, 0.3) is 10.8 Å². The van der Waals surface area contributed by atoms with E-state index in [4.69, 9.17) is 4.52 Å². The summed E-state index contributed by atoms with van der Waals surface area (Å²) in [5.41, 5.74) is 0.625. The molecule has 0 unspecified atom stereocenters. The molecular formula is C20H19N3O3. The Hall–Kier alpha value is -3.15. The van der Waals surface area contributed by atoms with Gasteiger partial charge in [0.1, 0.15) is 12.3 Å². The third-order valence-corrected chi connectivity index (χ3v) is 4.48. The summed E-state index contributed by atoms with van der Waals surface area (Å²) in [4.78, 5) is 27.2. The van der Waals surface area contributed by atoms with E-state index >= 15 is 0 Å². The molecule has 26 heavy (non-hydrogen) atoms. The molecule has 1 aliphatic carbocycles. The molecule has 0 radical (unpaired) electrons. The van der Waals surface area contributed by atoms with Gasteiger partial charge < -0.3 is 14.7 Å². The predicted molar refractivity (Wildman–Crippen MR) is 97.9 cm³/mol. The van der Waals surface area contributed by atoms with Gasteiger partial charge in [-0.2, -0.15) is 0 Å². The molecule has 1 heterocycles. The van der Waals surface area contributed by atoms with E-state index in [1.54, 1.807) is 17.9 Å². The van der Waals surface area contributed by atoms with Crippen molar-refractivity contribution in [1.82, 2.24) is 10.1 Å². The van der Waals surface area contributed by atoms with E-state index in [2.05, 4.69) is 10.5 Å². The van der Waals surface area contributed by atoms with Crippen molar-refractivity contribution in [3.8, 4) is 0 Å². The Kier molecular flexibility index (Phi) is 4.16. The largest absolute Gasteiger partial charge is 0.360 e. The fourth-order valence-electron chi connectivity index (χ4n) is 3.08. The molecule has 6 heteroatoms. The number of rotatable bonds is 5. The highest BCUT2D eigenvalue weighted by molar-refractivity contribution is 6.08. The van der Waals surface area contributed by atoms with Crippen LogP contribution in [-0.4, -0.2) is 34.5 Å². The van der Waals surface area contributed by atoms with Crippen molar-refractivity contribution >= 4 is 28.4 Å². The Labute approximate surface area is 150 Å². The highest BCUT2D eigenvalue weighted by Gasteiger charge is 2.34. The normalized spacial score (nSPS) is 13.6. The fourth-order valence-corrected chi connectivity index (χ4v) is 3.08. The van der Waals surface area contributed by atoms with Crippen molar-refractivity contribution in [2.75, 3.05) is 11.9 Å². The van der Waals surface area contributed by atoms with E-state index in [-0.39, 0.29) is 24.4 Å². The number of nitrogens with zero attached hydrogens (tertiary/aromatic N) is 2. The minimum Gasteiger partial charge on any atom is -0.360 e. The van der Waals surface area contributed by atoms with Crippen LogP contribution in [0, 0.1) is 6.92 Å². The topological polar surface area (TPSA) is 75.4 Å². The van der Waals surface area contributed by atoms with Crippen LogP contribution >= 0.6 is 0 Å². The Morgan fingerprint density at radius 3 is 2.69 bits per heavy atom. The van der Waals surface area contributed by atoms with Crippen molar-refractivity contribution in [2.24, 2.45) is 0 Å². The molecule has 0 spiro atoms. The molecule has 6 nitrogen and oxygen atoms in total. The third-order valence-electron chi connectivity index (χ3n) is 4.48. The van der Waals surface area contributed by atoms with Gasteiger partial charge in [-0.1, -0.05) is 41.6 Å². The maximum Gasteiger partial charge on any atom is 0.255 e. The van der Waals surface area contributed by atoms with Gasteiger partial charge in [0.05, 0.1) is 0 Å². The Morgan fingerprint density at radius 2 is 1.96 bits per heavy atom. The standard InChI is InChI=1S/C20H19N3O3/c1-13-11-18(22-26-13)21-19(24)12-23(15-9-10-15)20(25)17-8-4-6-14-5-2-3-7-16(14)17/h2-8,11,15H,9-10,12H2,1H3,(H,21,22,24). The van der Waals surface area contributed by atoms with E-state index in [9.17, 15) is 9.59 Å². The van der Waals surface area contributed by atoms with Gasteiger partial charge in [-0.05, 0) is 36.6 Å². The summed E-state index contributed by atoms with van der Waals surface area (Å²) in [6.07, 6.45) is 1.85. The first-order valence-electron chi connectivity index (χ1n) is 8.64. The minimum absolute atomic E-state index is 0.00136. The van der Waals surface area contributed by atoms with Crippen LogP contribution in [0.5, 0.6) is 0 Å². The maximum atomic E-state index is 13.1. The lowest BCUT2D eigenvalue weighted by Crippen LogP contribution is -2.39. The number of aromatic nitrogens is 1. The fraction of sp³-hybridized carbons (Fsp3) is 0.250. The second kappa shape index (κ2) is 6.63. The summed E-state index contributed by atoms with van der Waals surface area (Å²) >= 11 is 0. The first-order chi connectivity index (χ1) is 12.6. The minimum atomic E-state index is -0.279. The van der Waals surface area contributed by atoms with Crippen LogP contribution in [0.4, 0.5) is 5.82 Å². The molecule has 1 aliphatic rings. The molecule has 1 saturated carbocycles. The number of nitrogens with one attached hydrogen (secondary N) is 1. The predicted octanol–water partition coefficient (Wildman–Crippen LogP) is 3.38. The molecule has 132 valence electrons. The average molecular weight is 349 g/mol. The number of hydrogen-bond donors (Lipinski definition) is 1. The average Bonchev–Trinajstić information content (AvgIpc) is 3.41. The van der Waals surface area contributed by atoms with Crippen molar-refractivity contribution in [3.63, 3.8) is 0 Å². The zero-order valence-corrected chi connectivity index (χ0v) is 14.4. The summed E-state index contributed by atoms with van der Waals surface area (Å²) in [6, 6.07) is 15.2. The first-order valence-corrected chi connectivity index (χ1v) is 8.64. The first kappa shape index (κ1) is 16.3. The Balaban J connectivity index is 1.56. The zero-order chi connectivity index (χ0) is 18.1. The van der Waals surface area contributed by atoms with Gasteiger partial charge in [0.15, 0.2) is 5.82 Å². The number of carbonyl (C=O) groups excluding carboxylic acids is 2. The molecule has 0 aliphatic heterocycles. The molecule has 1 fully saturated rings. The molecule has 4 rings (SSSR count). The number of carbonyl (C=O) groups is 2. The van der Waals surface area contributed by atoms with Gasteiger partial charge in [0.25, 0.3) is 5.91 Å². The summed E-state index contributed by atoms with van der Waals surface area (Å²) in [6.45, 7) is 1.75. The van der Waals surface area contributed by atoms with Crippen LogP contribution < -0.4 is 5.32 Å². The molecule has 3 aromatic rings. The Bertz CT molecular complexity index is 970. The van der Waals surface area contributed by atoms with Gasteiger partial charge in [0, 0.05) is 17.7 Å². The van der Waals surface area contributed by atoms with Crippen LogP contribution in [0.2, 0.25) is 0 Å². The third kappa shape index (κ3) is 3.31. The number of benzene rings is 2. The van der Waals surface area contributed by atoms with Crippen molar-refractivity contribution < 1.29 is 14.1 Å². The SMILES string of the molecule is Cc1cc(NC(=O)CN(C(=O)c2cccc3ccccc23)C2CC2)no1. The Morgan fingerprint density at radius 1 is 1.19 bits per heavy atom. The summed E-state index contributed by atoms with van der Waals surface area (Å²) in [7, 11) is 0. The summed E-state index contributed by atoms with van der Waals surface area (Å²) in [5, 5.41) is 8.35. The number of fused-ring (bicyclic) bond motifs is 1. The second-order valence-electron chi connectivity index (χ2n) is 6.56. The highest BCUT2D eigenvalue weighted by atomic mass is 16.5. The maximum absolute atomic E-state index is 13.1. The number of aryl methyl sites for hydroxylation is 1. The van der Waals surface area contributed by atoms with Crippen LogP contribution in [0.3, 0.4) is 0 Å². The van der Waals surface area contributed by atoms with Crippen LogP contribution in [0.15, 0.2) is 53.1 Å². The lowest BCUT2D eigenvalue weighted by molar-refractivity contribution is -0.117. The van der Waals surface area contributed by atoms with Crippen molar-refractivity contribution in [1.29, 1.82) is 0 Å². The lowest BCUT2D eigenvalue weighted by atomic mass is 10.0. The van der Waals surface area contributed by atoms with E-state index in [0.717, 1.165) is 23.6 Å². The molecule has 2 amide bonds. The van der Waals surface area contributed by atoms with Gasteiger partial charge in [-0.25, -0.2) is 0 Å². The van der Waals surface area contributed by atoms with E-state index < -0.39 is 0 Å². The smallest absolute Gasteiger partial charge is 0.255 e. The van der Waals surface area contributed by atoms with Crippen LogP contribution in [0.1, 0.15) is 29.0 Å². The van der Waals surface area contributed by atoms with E-state index in [1.807, 2.05) is 42.5 Å². The van der Waals surface area contributed by atoms with Crippen molar-refractivity contribution in [2.45, 2.75) is 25.8 Å². The number of amides is 2. The molecule has 0 saturated heterocycles. The molecule has 0 bridgehead atoms. The van der Waals surface area contributed by atoms with Gasteiger partial charge in [-0.3, -0.25) is 9.59 Å². The van der Waals surface area contributed by atoms with Crippen molar-refractivity contribution in [3.05, 3.63) is 59.9 Å². The zero-order valence-electron chi connectivity index (χ0n) is 14.4. The molecule has 0 atom stereocenters. The molecule has 1 N–H and O–H groups in total. The number of anilines is 1. The monoisotopic (exact) mass is 349 g/mol. The van der Waals surface area contributed by atoms with E-state index in [0.29, 0.717) is 17.1 Å². The second-order valence-corrected chi connectivity index (χ2v) is 6.56. The van der Waals surface area contributed by atoms with Gasteiger partial charge >= 0.3 is 0 Å². The highest BCUT2D eigenvalue weighted by Crippen LogP contribution is 2.30. The molecule has 1 aromatic heterocycles. The molecular weight excluding hydrogens is 330 g/mol. The number of hydrogen-bond acceptors (Lipinski definition) is 4. The van der Waals surface area contributed by atoms with Gasteiger partial charge in [0.2, 0.25) is 5.91 Å². The quantitative estimate of drug-likeness (QED) is 0.766.